The summed E-state index contributed by atoms with van der Waals surface area (Å²) in [6, 6.07) is 31.8. The topological polar surface area (TPSA) is 64.6 Å². The van der Waals surface area contributed by atoms with Crippen LogP contribution in [0.15, 0.2) is 97.1 Å². The first kappa shape index (κ1) is 27.5. The summed E-state index contributed by atoms with van der Waals surface area (Å²) < 4.78 is 11.8. The molecule has 0 aliphatic heterocycles. The normalized spacial score (nSPS) is 22.3. The lowest BCUT2D eigenvalue weighted by molar-refractivity contribution is 0.0734. The van der Waals surface area contributed by atoms with E-state index in [1.165, 1.54) is 34.2 Å². The molecule has 0 aromatic heterocycles. The third kappa shape index (κ3) is 5.11. The maximum absolute atomic E-state index is 13.5. The van der Waals surface area contributed by atoms with Gasteiger partial charge in [-0.3, -0.25) is 0 Å². The molecule has 0 heterocycles. The minimum absolute atomic E-state index is 0.0214. The highest BCUT2D eigenvalue weighted by atomic mass is 16.5. The van der Waals surface area contributed by atoms with Crippen LogP contribution in [0.1, 0.15) is 77.6 Å². The predicted octanol–water partition coefficient (Wildman–Crippen LogP) is 8.21. The van der Waals surface area contributed by atoms with Crippen LogP contribution in [0.4, 0.5) is 4.79 Å². The van der Waals surface area contributed by atoms with Gasteiger partial charge in [-0.05, 0) is 82.8 Å². The van der Waals surface area contributed by atoms with E-state index in [2.05, 4.69) is 66.8 Å². The Balaban J connectivity index is 1.12. The average Bonchev–Trinajstić information content (AvgIpc) is 3.35. The Kier molecular flexibility index (Phi) is 7.26. The second-order valence-corrected chi connectivity index (χ2v) is 12.5. The van der Waals surface area contributed by atoms with Gasteiger partial charge in [0.25, 0.3) is 0 Å². The number of alkyl carbamates (subject to hydrolysis) is 1. The van der Waals surface area contributed by atoms with E-state index in [1.807, 2.05) is 30.3 Å². The Morgan fingerprint density at radius 1 is 0.837 bits per heavy atom. The van der Waals surface area contributed by atoms with E-state index in [1.54, 1.807) is 12.1 Å². The van der Waals surface area contributed by atoms with Gasteiger partial charge in [0.05, 0.1) is 5.56 Å². The molecule has 5 nitrogen and oxygen atoms in total. The molecule has 0 unspecified atom stereocenters. The van der Waals surface area contributed by atoms with Crippen LogP contribution in [0.25, 0.3) is 11.1 Å². The zero-order valence-electron chi connectivity index (χ0n) is 24.6. The van der Waals surface area contributed by atoms with Crippen molar-refractivity contribution in [1.82, 2.24) is 5.32 Å². The lowest BCUT2D eigenvalue weighted by Crippen LogP contribution is -2.57. The minimum Gasteiger partial charge on any atom is -0.449 e. The van der Waals surface area contributed by atoms with E-state index >= 15 is 0 Å². The first-order valence-corrected chi connectivity index (χ1v) is 15.5. The highest BCUT2D eigenvalue weighted by molar-refractivity contribution is 5.91. The number of rotatable bonds is 5. The maximum atomic E-state index is 13.5. The van der Waals surface area contributed by atoms with Crippen molar-refractivity contribution in [3.05, 3.63) is 125 Å². The summed E-state index contributed by atoms with van der Waals surface area (Å²) >= 11 is 0. The molecule has 1 saturated carbocycles. The van der Waals surface area contributed by atoms with Gasteiger partial charge < -0.3 is 14.8 Å². The number of hydrogen-bond acceptors (Lipinski definition) is 4. The number of carbonyl (C=O) groups is 2. The van der Waals surface area contributed by atoms with Gasteiger partial charge in [0.2, 0.25) is 0 Å². The molecule has 0 spiro atoms. The van der Waals surface area contributed by atoms with Crippen molar-refractivity contribution in [2.75, 3.05) is 6.61 Å². The number of esters is 1. The number of fused-ring (bicyclic) bond motifs is 7. The first-order valence-electron chi connectivity index (χ1n) is 15.5. The van der Waals surface area contributed by atoms with Gasteiger partial charge in [-0.2, -0.15) is 0 Å². The van der Waals surface area contributed by atoms with Gasteiger partial charge in [0, 0.05) is 17.4 Å². The minimum atomic E-state index is -0.370. The number of benzene rings is 4. The molecule has 218 valence electrons. The van der Waals surface area contributed by atoms with E-state index in [0.29, 0.717) is 23.8 Å². The Morgan fingerprint density at radius 3 is 2.28 bits per heavy atom. The van der Waals surface area contributed by atoms with Crippen molar-refractivity contribution >= 4 is 12.1 Å². The van der Waals surface area contributed by atoms with Gasteiger partial charge in [0.15, 0.2) is 0 Å². The largest absolute Gasteiger partial charge is 0.449 e. The molecule has 3 aliphatic carbocycles. The fourth-order valence-electron chi connectivity index (χ4n) is 7.84. The molecule has 0 saturated heterocycles. The summed E-state index contributed by atoms with van der Waals surface area (Å²) in [6.45, 7) is 2.56. The number of hydrogen-bond donors (Lipinski definition) is 1. The molecule has 3 aliphatic rings. The van der Waals surface area contributed by atoms with Crippen molar-refractivity contribution in [2.24, 2.45) is 5.92 Å². The third-order valence-electron chi connectivity index (χ3n) is 9.94. The van der Waals surface area contributed by atoms with Crippen LogP contribution in [-0.2, 0) is 16.6 Å². The van der Waals surface area contributed by atoms with E-state index in [9.17, 15) is 9.59 Å². The molecule has 5 heteroatoms. The molecule has 3 atom stereocenters. The molecule has 7 rings (SSSR count). The van der Waals surface area contributed by atoms with E-state index in [4.69, 9.17) is 9.47 Å². The van der Waals surface area contributed by atoms with Crippen LogP contribution in [0.3, 0.4) is 0 Å². The van der Waals surface area contributed by atoms with Gasteiger partial charge in [-0.25, -0.2) is 9.59 Å². The first-order chi connectivity index (χ1) is 21.0. The number of amides is 1. The molecule has 1 fully saturated rings. The van der Waals surface area contributed by atoms with Crippen LogP contribution < -0.4 is 10.1 Å². The van der Waals surface area contributed by atoms with Gasteiger partial charge in [0.1, 0.15) is 12.4 Å². The quantitative estimate of drug-likeness (QED) is 0.194. The molecule has 4 aromatic rings. The molecule has 1 amide bonds. The second-order valence-electron chi connectivity index (χ2n) is 12.5. The van der Waals surface area contributed by atoms with Gasteiger partial charge in [-0.15, -0.1) is 0 Å². The summed E-state index contributed by atoms with van der Waals surface area (Å²) in [5.41, 5.74) is 7.50. The summed E-state index contributed by atoms with van der Waals surface area (Å²) in [5, 5.41) is 3.36. The standard InChI is InChI=1S/C38H37NO4/c1-38-21-11-3-6-14-27(22-26-19-20-28(23-34(26)38)43-36(40)25-12-4-2-5-13-25)35(38)39-37(41)42-24-33-31-17-9-7-15-29(31)30-16-8-10-18-32(30)33/h2,4-5,7-10,12-13,15-20,23,27,33,35H,3,6,11,14,21-22,24H2,1H3,(H,39,41)/t27-,35-,38+/m0/s1. The summed E-state index contributed by atoms with van der Waals surface area (Å²) in [7, 11) is 0. The molecular weight excluding hydrogens is 534 g/mol. The van der Waals surface area contributed by atoms with Crippen LogP contribution in [0.2, 0.25) is 0 Å². The summed E-state index contributed by atoms with van der Waals surface area (Å²) in [6.07, 6.45) is 5.95. The Labute approximate surface area is 253 Å². The van der Waals surface area contributed by atoms with Crippen LogP contribution in [0.5, 0.6) is 5.75 Å². The number of nitrogens with one attached hydrogen (secondary N) is 1. The Hall–Kier alpha value is -4.38. The van der Waals surface area contributed by atoms with Gasteiger partial charge >= 0.3 is 12.1 Å². The van der Waals surface area contributed by atoms with Crippen molar-refractivity contribution in [3.8, 4) is 16.9 Å². The van der Waals surface area contributed by atoms with E-state index in [0.717, 1.165) is 37.7 Å². The zero-order chi connectivity index (χ0) is 29.4. The van der Waals surface area contributed by atoms with Crippen LogP contribution in [-0.4, -0.2) is 24.7 Å². The van der Waals surface area contributed by atoms with Crippen molar-refractivity contribution in [2.45, 2.75) is 62.8 Å². The van der Waals surface area contributed by atoms with E-state index < -0.39 is 0 Å². The van der Waals surface area contributed by atoms with Crippen molar-refractivity contribution in [1.29, 1.82) is 0 Å². The Bertz CT molecular complexity index is 1620. The SMILES string of the molecule is C[C@@]12CCCCC[C@@H](Cc3ccc(OC(=O)c4ccccc4)cc31)[C@@H]2NC(=O)OCC1c2ccccc2-c2ccccc21. The molecule has 0 radical (unpaired) electrons. The Morgan fingerprint density at radius 2 is 1.53 bits per heavy atom. The predicted molar refractivity (Wildman–Crippen MR) is 167 cm³/mol. The molecule has 1 N–H and O–H groups in total. The number of ether oxygens (including phenoxy) is 2. The number of carbonyl (C=O) groups excluding carboxylic acids is 2. The van der Waals surface area contributed by atoms with Gasteiger partial charge in [-0.1, -0.05) is 99.0 Å². The zero-order valence-corrected chi connectivity index (χ0v) is 24.6. The smallest absolute Gasteiger partial charge is 0.407 e. The lowest BCUT2D eigenvalue weighted by Gasteiger charge is -2.49. The monoisotopic (exact) mass is 571 g/mol. The average molecular weight is 572 g/mol. The summed E-state index contributed by atoms with van der Waals surface area (Å²) in [5.74, 6) is 0.503. The molecular formula is C38H37NO4. The molecule has 43 heavy (non-hydrogen) atoms. The fraction of sp³-hybridized carbons (Fsp3) is 0.316. The highest BCUT2D eigenvalue weighted by Crippen LogP contribution is 2.48. The highest BCUT2D eigenvalue weighted by Gasteiger charge is 2.47. The second kappa shape index (κ2) is 11.4. The van der Waals surface area contributed by atoms with Crippen LogP contribution >= 0.6 is 0 Å². The lowest BCUT2D eigenvalue weighted by atomic mass is 9.59. The molecule has 4 aromatic carbocycles. The van der Waals surface area contributed by atoms with Crippen molar-refractivity contribution < 1.29 is 19.1 Å². The maximum Gasteiger partial charge on any atom is 0.407 e. The van der Waals surface area contributed by atoms with E-state index in [-0.39, 0.29) is 29.4 Å². The summed E-state index contributed by atoms with van der Waals surface area (Å²) in [4.78, 5) is 26.4. The third-order valence-corrected chi connectivity index (χ3v) is 9.94. The van der Waals surface area contributed by atoms with Crippen molar-refractivity contribution in [3.63, 3.8) is 0 Å². The molecule has 2 bridgehead atoms. The van der Waals surface area contributed by atoms with Crippen LogP contribution in [0, 0.1) is 5.92 Å². The fourth-order valence-corrected chi connectivity index (χ4v) is 7.84.